The van der Waals surface area contributed by atoms with Crippen molar-refractivity contribution in [2.24, 2.45) is 0 Å². The van der Waals surface area contributed by atoms with Crippen LogP contribution in [0.1, 0.15) is 21.6 Å². The van der Waals surface area contributed by atoms with Crippen LogP contribution >= 0.6 is 0 Å². The molecule has 1 aromatic heterocycles. The van der Waals surface area contributed by atoms with E-state index >= 15 is 0 Å². The highest BCUT2D eigenvalue weighted by molar-refractivity contribution is 5.97. The molecule has 0 unspecified atom stereocenters. The minimum absolute atomic E-state index is 0.0846. The van der Waals surface area contributed by atoms with Crippen molar-refractivity contribution >= 4 is 11.9 Å². The van der Waals surface area contributed by atoms with Gasteiger partial charge in [-0.3, -0.25) is 4.79 Å². The van der Waals surface area contributed by atoms with Gasteiger partial charge >= 0.3 is 5.97 Å². The van der Waals surface area contributed by atoms with Crippen LogP contribution in [0.2, 0.25) is 0 Å². The highest BCUT2D eigenvalue weighted by Gasteiger charge is 2.22. The fourth-order valence-corrected chi connectivity index (χ4v) is 1.93. The molecule has 7 heteroatoms. The van der Waals surface area contributed by atoms with Crippen molar-refractivity contribution in [2.75, 3.05) is 0 Å². The van der Waals surface area contributed by atoms with Gasteiger partial charge in [-0.2, -0.15) is 0 Å². The quantitative estimate of drug-likeness (QED) is 0.773. The number of carbonyl (C=O) groups excluding carboxylic acids is 1. The molecule has 0 spiro atoms. The molecule has 2 aromatic rings. The maximum absolute atomic E-state index is 13.0. The van der Waals surface area contributed by atoms with Gasteiger partial charge in [0.15, 0.2) is 0 Å². The summed E-state index contributed by atoms with van der Waals surface area (Å²) >= 11 is 0. The minimum Gasteiger partial charge on any atom is -0.480 e. The first-order valence-electron chi connectivity index (χ1n) is 6.24. The summed E-state index contributed by atoms with van der Waals surface area (Å²) in [6.07, 6.45) is 3.01. The lowest BCUT2D eigenvalue weighted by Gasteiger charge is -2.14. The van der Waals surface area contributed by atoms with Crippen LogP contribution in [0.5, 0.6) is 0 Å². The highest BCUT2D eigenvalue weighted by Crippen LogP contribution is 2.11. The van der Waals surface area contributed by atoms with E-state index in [1.165, 1.54) is 24.7 Å². The summed E-state index contributed by atoms with van der Waals surface area (Å²) in [4.78, 5) is 29.9. The van der Waals surface area contributed by atoms with E-state index in [1.54, 1.807) is 6.92 Å². The van der Waals surface area contributed by atoms with Crippen LogP contribution in [-0.2, 0) is 11.2 Å². The average Bonchev–Trinajstić information content (AvgIpc) is 2.90. The number of carbonyl (C=O) groups is 2. The molecule has 0 fully saturated rings. The van der Waals surface area contributed by atoms with E-state index < -0.39 is 23.7 Å². The fourth-order valence-electron chi connectivity index (χ4n) is 1.93. The maximum Gasteiger partial charge on any atom is 0.326 e. The Balaban J connectivity index is 2.12. The zero-order valence-corrected chi connectivity index (χ0v) is 11.3. The van der Waals surface area contributed by atoms with Gasteiger partial charge in [-0.15, -0.1) is 0 Å². The molecule has 21 heavy (non-hydrogen) atoms. The number of hydrogen-bond acceptors (Lipinski definition) is 3. The van der Waals surface area contributed by atoms with Gasteiger partial charge in [0.25, 0.3) is 5.91 Å². The third-order valence-corrected chi connectivity index (χ3v) is 3.02. The van der Waals surface area contributed by atoms with Gasteiger partial charge in [-0.25, -0.2) is 14.2 Å². The monoisotopic (exact) mass is 291 g/mol. The van der Waals surface area contributed by atoms with Crippen molar-refractivity contribution in [3.8, 4) is 0 Å². The van der Waals surface area contributed by atoms with Crippen molar-refractivity contribution < 1.29 is 19.1 Å². The van der Waals surface area contributed by atoms with Gasteiger partial charge < -0.3 is 15.4 Å². The molecule has 1 atom stereocenters. The number of nitrogens with one attached hydrogen (secondary N) is 2. The Morgan fingerprint density at radius 2 is 2.24 bits per heavy atom. The lowest BCUT2D eigenvalue weighted by Crippen LogP contribution is -2.42. The second-order valence-electron chi connectivity index (χ2n) is 4.60. The van der Waals surface area contributed by atoms with E-state index in [0.717, 1.165) is 6.07 Å². The van der Waals surface area contributed by atoms with Crippen LogP contribution in [0.25, 0.3) is 0 Å². The van der Waals surface area contributed by atoms with Gasteiger partial charge in [-0.05, 0) is 30.7 Å². The molecule has 1 aromatic carbocycles. The summed E-state index contributed by atoms with van der Waals surface area (Å²) < 4.78 is 13.0. The number of carboxylic acids is 1. The molecule has 3 N–H and O–H groups in total. The van der Waals surface area contributed by atoms with E-state index in [0.29, 0.717) is 11.3 Å². The third-order valence-electron chi connectivity index (χ3n) is 3.02. The number of carboxylic acid groups (broad SMARTS) is 1. The summed E-state index contributed by atoms with van der Waals surface area (Å²) in [5, 5.41) is 11.6. The topological polar surface area (TPSA) is 95.1 Å². The molecule has 2 rings (SSSR count). The van der Waals surface area contributed by atoms with Crippen molar-refractivity contribution in [1.29, 1.82) is 0 Å². The number of rotatable bonds is 5. The molecule has 0 bridgehead atoms. The van der Waals surface area contributed by atoms with Crippen LogP contribution in [0.4, 0.5) is 4.39 Å². The van der Waals surface area contributed by atoms with Gasteiger partial charge in [0.1, 0.15) is 11.9 Å². The predicted molar refractivity (Wildman–Crippen MR) is 72.3 cm³/mol. The molecule has 0 radical (unpaired) electrons. The van der Waals surface area contributed by atoms with Crippen molar-refractivity contribution in [1.82, 2.24) is 15.3 Å². The Hall–Kier alpha value is -2.70. The number of nitrogens with zero attached hydrogens (tertiary/aromatic N) is 1. The Kier molecular flexibility index (Phi) is 4.32. The number of aryl methyl sites for hydroxylation is 1. The number of halogens is 1. The number of imidazole rings is 1. The molecule has 0 aliphatic carbocycles. The Bertz CT molecular complexity index is 655. The second kappa shape index (κ2) is 6.17. The summed E-state index contributed by atoms with van der Waals surface area (Å²) in [5.41, 5.74) is 1.28. The summed E-state index contributed by atoms with van der Waals surface area (Å²) in [7, 11) is 0. The summed E-state index contributed by atoms with van der Waals surface area (Å²) in [5.74, 6) is -2.16. The normalized spacial score (nSPS) is 11.9. The van der Waals surface area contributed by atoms with Crippen LogP contribution in [-0.4, -0.2) is 33.0 Å². The highest BCUT2D eigenvalue weighted by atomic mass is 19.1. The molecule has 0 aliphatic rings. The number of aromatic amines is 1. The smallest absolute Gasteiger partial charge is 0.326 e. The van der Waals surface area contributed by atoms with Gasteiger partial charge in [0.05, 0.1) is 6.33 Å². The first kappa shape index (κ1) is 14.7. The molecular weight excluding hydrogens is 277 g/mol. The molecule has 0 saturated heterocycles. The van der Waals surface area contributed by atoms with Crippen LogP contribution in [0.3, 0.4) is 0 Å². The zero-order valence-electron chi connectivity index (χ0n) is 11.3. The van der Waals surface area contributed by atoms with Crippen LogP contribution in [0.15, 0.2) is 30.7 Å². The molecule has 0 saturated carbocycles. The Labute approximate surface area is 120 Å². The third kappa shape index (κ3) is 3.65. The van der Waals surface area contributed by atoms with E-state index in [-0.39, 0.29) is 12.0 Å². The molecule has 6 nitrogen and oxygen atoms in total. The Morgan fingerprint density at radius 3 is 2.81 bits per heavy atom. The summed E-state index contributed by atoms with van der Waals surface area (Å²) in [6, 6.07) is 2.61. The standard InChI is InChI=1S/C14H14FN3O3/c1-8-4-9(15)2-3-11(8)13(19)18-12(14(20)21)5-10-6-16-7-17-10/h2-4,6-7,12H,5H2,1H3,(H,16,17)(H,18,19)(H,20,21)/t12-/m1/s1. The van der Waals surface area contributed by atoms with Crippen LogP contribution in [0, 0.1) is 12.7 Å². The van der Waals surface area contributed by atoms with Crippen LogP contribution < -0.4 is 5.32 Å². The van der Waals surface area contributed by atoms with Gasteiger partial charge in [0, 0.05) is 23.9 Å². The fraction of sp³-hybridized carbons (Fsp3) is 0.214. The zero-order chi connectivity index (χ0) is 15.4. The second-order valence-corrected chi connectivity index (χ2v) is 4.60. The lowest BCUT2D eigenvalue weighted by atomic mass is 10.1. The number of benzene rings is 1. The number of aromatic nitrogens is 2. The molecule has 0 aliphatic heterocycles. The van der Waals surface area contributed by atoms with E-state index in [2.05, 4.69) is 15.3 Å². The first-order chi connectivity index (χ1) is 9.97. The number of hydrogen-bond donors (Lipinski definition) is 3. The van der Waals surface area contributed by atoms with Crippen molar-refractivity contribution in [3.05, 3.63) is 53.4 Å². The van der Waals surface area contributed by atoms with Gasteiger partial charge in [-0.1, -0.05) is 0 Å². The lowest BCUT2D eigenvalue weighted by molar-refractivity contribution is -0.139. The van der Waals surface area contributed by atoms with E-state index in [4.69, 9.17) is 0 Å². The number of amides is 1. The molecule has 110 valence electrons. The van der Waals surface area contributed by atoms with Gasteiger partial charge in [0.2, 0.25) is 0 Å². The predicted octanol–water partition coefficient (Wildman–Crippen LogP) is 1.28. The average molecular weight is 291 g/mol. The number of H-pyrrole nitrogens is 1. The van der Waals surface area contributed by atoms with E-state index in [9.17, 15) is 19.1 Å². The first-order valence-corrected chi connectivity index (χ1v) is 6.24. The largest absolute Gasteiger partial charge is 0.480 e. The molecule has 1 heterocycles. The number of aliphatic carboxylic acids is 1. The van der Waals surface area contributed by atoms with E-state index in [1.807, 2.05) is 0 Å². The minimum atomic E-state index is -1.15. The Morgan fingerprint density at radius 1 is 1.48 bits per heavy atom. The molecule has 1 amide bonds. The van der Waals surface area contributed by atoms with Crippen molar-refractivity contribution in [3.63, 3.8) is 0 Å². The van der Waals surface area contributed by atoms with Crippen molar-refractivity contribution in [2.45, 2.75) is 19.4 Å². The maximum atomic E-state index is 13.0. The SMILES string of the molecule is Cc1cc(F)ccc1C(=O)N[C@H](Cc1cnc[nH]1)C(=O)O. The summed E-state index contributed by atoms with van der Waals surface area (Å²) in [6.45, 7) is 1.59. The molecular formula is C14H14FN3O3.